The Labute approximate surface area is 98.2 Å². The summed E-state index contributed by atoms with van der Waals surface area (Å²) in [6, 6.07) is 0.0822. The van der Waals surface area contributed by atoms with Gasteiger partial charge in [-0.1, -0.05) is 25.7 Å². The van der Waals surface area contributed by atoms with Crippen LogP contribution in [-0.2, 0) is 4.79 Å². The van der Waals surface area contributed by atoms with Gasteiger partial charge in [-0.3, -0.25) is 4.79 Å². The molecule has 0 heterocycles. The van der Waals surface area contributed by atoms with E-state index < -0.39 is 0 Å². The van der Waals surface area contributed by atoms with E-state index in [0.717, 1.165) is 32.1 Å². The second kappa shape index (κ2) is 4.74. The smallest absolute Gasteiger partial charge is 0.225 e. The second-order valence-corrected chi connectivity index (χ2v) is 5.81. The largest absolute Gasteiger partial charge is 0.351 e. The lowest BCUT2D eigenvalue weighted by Crippen LogP contribution is -2.51. The fraction of sp³-hybridized carbons (Fsp3) is 0.923. The maximum Gasteiger partial charge on any atom is 0.225 e. The minimum absolute atomic E-state index is 0.0499. The Bertz CT molecular complexity index is 259. The van der Waals surface area contributed by atoms with Gasteiger partial charge >= 0.3 is 0 Å². The number of nitrogens with one attached hydrogen (secondary N) is 1. The molecule has 0 bridgehead atoms. The first-order valence-corrected chi connectivity index (χ1v) is 6.68. The topological polar surface area (TPSA) is 55.1 Å². The molecule has 0 aliphatic heterocycles. The molecule has 2 fully saturated rings. The van der Waals surface area contributed by atoms with Gasteiger partial charge in [-0.25, -0.2) is 0 Å². The number of nitrogens with two attached hydrogens (primary N) is 1. The van der Waals surface area contributed by atoms with Crippen LogP contribution >= 0.6 is 0 Å². The molecular weight excluding hydrogens is 200 g/mol. The molecule has 2 atom stereocenters. The molecule has 2 unspecified atom stereocenters. The highest BCUT2D eigenvalue weighted by Crippen LogP contribution is 2.30. The zero-order chi connectivity index (χ0) is 11.6. The first-order valence-electron chi connectivity index (χ1n) is 6.68. The average molecular weight is 224 g/mol. The summed E-state index contributed by atoms with van der Waals surface area (Å²) in [5.41, 5.74) is 6.09. The molecule has 0 spiro atoms. The Morgan fingerprint density at radius 3 is 2.44 bits per heavy atom. The van der Waals surface area contributed by atoms with E-state index in [1.54, 1.807) is 0 Å². The summed E-state index contributed by atoms with van der Waals surface area (Å²) in [4.78, 5) is 12.2. The van der Waals surface area contributed by atoms with Crippen molar-refractivity contribution >= 4 is 5.91 Å². The third-order valence-electron chi connectivity index (χ3n) is 4.29. The number of carbonyl (C=O) groups excluding carboxylic acids is 1. The summed E-state index contributed by atoms with van der Waals surface area (Å²) in [5.74, 6) is 0.266. The zero-order valence-electron chi connectivity index (χ0n) is 10.3. The van der Waals surface area contributed by atoms with Crippen LogP contribution < -0.4 is 11.1 Å². The predicted molar refractivity (Wildman–Crippen MR) is 64.9 cm³/mol. The van der Waals surface area contributed by atoms with Crippen molar-refractivity contribution in [3.8, 4) is 0 Å². The molecule has 0 saturated heterocycles. The van der Waals surface area contributed by atoms with E-state index in [9.17, 15) is 4.79 Å². The van der Waals surface area contributed by atoms with Crippen LogP contribution in [0.1, 0.15) is 58.3 Å². The maximum absolute atomic E-state index is 12.2. The Hall–Kier alpha value is -0.570. The monoisotopic (exact) mass is 224 g/mol. The van der Waals surface area contributed by atoms with Crippen LogP contribution in [0.3, 0.4) is 0 Å². The summed E-state index contributed by atoms with van der Waals surface area (Å²) in [5, 5.41) is 3.24. The van der Waals surface area contributed by atoms with Crippen LogP contribution in [0, 0.1) is 5.92 Å². The summed E-state index contributed by atoms with van der Waals surface area (Å²) in [6.07, 6.45) is 9.06. The van der Waals surface area contributed by atoms with E-state index in [1.807, 2.05) is 0 Å². The van der Waals surface area contributed by atoms with E-state index in [-0.39, 0.29) is 23.4 Å². The third kappa shape index (κ3) is 2.57. The van der Waals surface area contributed by atoms with Crippen molar-refractivity contribution in [3.63, 3.8) is 0 Å². The highest BCUT2D eigenvalue weighted by Gasteiger charge is 2.35. The van der Waals surface area contributed by atoms with Gasteiger partial charge in [0, 0.05) is 11.6 Å². The predicted octanol–water partition coefficient (Wildman–Crippen LogP) is 1.95. The molecule has 16 heavy (non-hydrogen) atoms. The lowest BCUT2D eigenvalue weighted by atomic mass is 9.83. The zero-order valence-corrected chi connectivity index (χ0v) is 10.3. The Morgan fingerprint density at radius 1 is 1.19 bits per heavy atom. The highest BCUT2D eigenvalue weighted by molar-refractivity contribution is 5.80. The molecule has 0 radical (unpaired) electrons. The van der Waals surface area contributed by atoms with Crippen molar-refractivity contribution in [1.29, 1.82) is 0 Å². The molecule has 0 aromatic heterocycles. The maximum atomic E-state index is 12.2. The number of rotatable bonds is 2. The molecule has 3 N–H and O–H groups in total. The van der Waals surface area contributed by atoms with Gasteiger partial charge in [-0.15, -0.1) is 0 Å². The van der Waals surface area contributed by atoms with Crippen LogP contribution in [-0.4, -0.2) is 17.5 Å². The first kappa shape index (κ1) is 11.9. The number of amides is 1. The summed E-state index contributed by atoms with van der Waals surface area (Å²) < 4.78 is 0. The van der Waals surface area contributed by atoms with Crippen LogP contribution in [0.5, 0.6) is 0 Å². The number of carbonyl (C=O) groups is 1. The fourth-order valence-electron chi connectivity index (χ4n) is 3.16. The molecule has 2 rings (SSSR count). The summed E-state index contributed by atoms with van der Waals surface area (Å²) in [6.45, 7) is 2.17. The average Bonchev–Trinajstić information content (AvgIpc) is 2.65. The minimum atomic E-state index is 0.0499. The highest BCUT2D eigenvalue weighted by atomic mass is 16.2. The van der Waals surface area contributed by atoms with Crippen LogP contribution in [0.4, 0.5) is 0 Å². The summed E-state index contributed by atoms with van der Waals surface area (Å²) in [7, 11) is 0. The number of hydrogen-bond acceptors (Lipinski definition) is 2. The molecule has 3 heteroatoms. The molecule has 2 aliphatic rings. The van der Waals surface area contributed by atoms with Crippen molar-refractivity contribution in [2.24, 2.45) is 11.7 Å². The lowest BCUT2D eigenvalue weighted by molar-refractivity contribution is -0.128. The Balaban J connectivity index is 1.91. The molecule has 92 valence electrons. The Kier molecular flexibility index (Phi) is 3.53. The van der Waals surface area contributed by atoms with Crippen molar-refractivity contribution in [1.82, 2.24) is 5.32 Å². The molecule has 2 aliphatic carbocycles. The first-order chi connectivity index (χ1) is 7.61. The molecule has 1 amide bonds. The van der Waals surface area contributed by atoms with Crippen molar-refractivity contribution in [3.05, 3.63) is 0 Å². The van der Waals surface area contributed by atoms with Crippen molar-refractivity contribution < 1.29 is 4.79 Å². The van der Waals surface area contributed by atoms with Gasteiger partial charge in [-0.2, -0.15) is 0 Å². The van der Waals surface area contributed by atoms with Crippen LogP contribution in [0.25, 0.3) is 0 Å². The van der Waals surface area contributed by atoms with Gasteiger partial charge in [0.05, 0.1) is 5.92 Å². The second-order valence-electron chi connectivity index (χ2n) is 5.81. The SMILES string of the molecule is CC1(NC(=O)C2CCCCC2N)CCCC1. The van der Waals surface area contributed by atoms with Crippen LogP contribution in [0.2, 0.25) is 0 Å². The van der Waals surface area contributed by atoms with E-state index in [0.29, 0.717) is 0 Å². The quantitative estimate of drug-likeness (QED) is 0.753. The standard InChI is InChI=1S/C13H24N2O/c1-13(8-4-5-9-13)15-12(16)10-6-2-3-7-11(10)14/h10-11H,2-9,14H2,1H3,(H,15,16). The Morgan fingerprint density at radius 2 is 1.81 bits per heavy atom. The molecular formula is C13H24N2O. The molecule has 0 aromatic rings. The fourth-order valence-corrected chi connectivity index (χ4v) is 3.16. The van der Waals surface area contributed by atoms with Gasteiger partial charge in [0.25, 0.3) is 0 Å². The van der Waals surface area contributed by atoms with Gasteiger partial charge in [0.1, 0.15) is 0 Å². The number of hydrogen-bond donors (Lipinski definition) is 2. The van der Waals surface area contributed by atoms with Gasteiger partial charge in [0.2, 0.25) is 5.91 Å². The van der Waals surface area contributed by atoms with Crippen molar-refractivity contribution in [2.45, 2.75) is 69.9 Å². The summed E-state index contributed by atoms with van der Waals surface area (Å²) >= 11 is 0. The van der Waals surface area contributed by atoms with E-state index >= 15 is 0 Å². The third-order valence-corrected chi connectivity index (χ3v) is 4.29. The van der Waals surface area contributed by atoms with Crippen LogP contribution in [0.15, 0.2) is 0 Å². The van der Waals surface area contributed by atoms with Gasteiger partial charge in [-0.05, 0) is 32.6 Å². The molecule has 0 aromatic carbocycles. The minimum Gasteiger partial charge on any atom is -0.351 e. The molecule has 3 nitrogen and oxygen atoms in total. The van der Waals surface area contributed by atoms with E-state index in [1.165, 1.54) is 19.3 Å². The lowest BCUT2D eigenvalue weighted by Gasteiger charge is -2.32. The van der Waals surface area contributed by atoms with Gasteiger partial charge < -0.3 is 11.1 Å². The van der Waals surface area contributed by atoms with E-state index in [4.69, 9.17) is 5.73 Å². The van der Waals surface area contributed by atoms with Crippen molar-refractivity contribution in [2.75, 3.05) is 0 Å². The van der Waals surface area contributed by atoms with Gasteiger partial charge in [0.15, 0.2) is 0 Å². The molecule has 2 saturated carbocycles. The normalized spacial score (nSPS) is 33.6. The van der Waals surface area contributed by atoms with E-state index in [2.05, 4.69) is 12.2 Å².